The third-order valence-corrected chi connectivity index (χ3v) is 12.4. The van der Waals surface area contributed by atoms with Crippen LogP contribution in [-0.4, -0.2) is 95.6 Å². The number of phenolic OH excluding ortho intramolecular Hbond substituents is 1. The number of nitrogens with zero attached hydrogens (tertiary/aromatic N) is 5. The third-order valence-electron chi connectivity index (χ3n) is 7.83. The maximum absolute atomic E-state index is 13.6. The molecular weight excluding hydrogens is 634 g/mol. The van der Waals surface area contributed by atoms with Gasteiger partial charge in [0, 0.05) is 31.4 Å². The van der Waals surface area contributed by atoms with Gasteiger partial charge < -0.3 is 28.6 Å². The predicted octanol–water partition coefficient (Wildman–Crippen LogP) is 6.89. The molecule has 14 heteroatoms. The molecule has 3 rings (SSSR count). The molecule has 2 amide bonds. The van der Waals surface area contributed by atoms with Gasteiger partial charge in [0.05, 0.1) is 19.9 Å². The van der Waals surface area contributed by atoms with Crippen LogP contribution >= 0.6 is 0 Å². The number of rotatable bonds is 10. The summed E-state index contributed by atoms with van der Waals surface area (Å²) >= 11 is 0. The second-order valence-corrected chi connectivity index (χ2v) is 19.9. The molecule has 0 fully saturated rings. The molecule has 0 aliphatic rings. The first-order chi connectivity index (χ1) is 22.0. The lowest BCUT2D eigenvalue weighted by molar-refractivity contribution is 0.0221. The molecule has 0 unspecified atom stereocenters. The van der Waals surface area contributed by atoms with Crippen molar-refractivity contribution in [2.45, 2.75) is 91.6 Å². The molecule has 0 spiro atoms. The number of methoxy groups -OCH3 is 1. The van der Waals surface area contributed by atoms with Crippen LogP contribution in [-0.2, 0) is 18.6 Å². The Balaban J connectivity index is 1.98. The van der Waals surface area contributed by atoms with E-state index in [2.05, 4.69) is 39.0 Å². The average molecular weight is 686 g/mol. The van der Waals surface area contributed by atoms with Crippen molar-refractivity contribution >= 4 is 37.9 Å². The van der Waals surface area contributed by atoms with E-state index in [4.69, 9.17) is 23.6 Å². The number of amides is 2. The molecule has 48 heavy (non-hydrogen) atoms. The van der Waals surface area contributed by atoms with Gasteiger partial charge in [-0.3, -0.25) is 4.90 Å². The molecule has 264 valence electrons. The van der Waals surface area contributed by atoms with E-state index in [1.807, 2.05) is 0 Å². The lowest BCUT2D eigenvalue weighted by Gasteiger charge is -2.37. The fourth-order valence-corrected chi connectivity index (χ4v) is 5.32. The summed E-state index contributed by atoms with van der Waals surface area (Å²) in [6, 6.07) is 6.15. The quantitative estimate of drug-likeness (QED) is 0.136. The van der Waals surface area contributed by atoms with E-state index in [1.54, 1.807) is 66.1 Å². The highest BCUT2D eigenvalue weighted by atomic mass is 28.4. The Morgan fingerprint density at radius 2 is 1.52 bits per heavy atom. The maximum Gasteiger partial charge on any atom is 0.416 e. The molecule has 0 aliphatic carbocycles. The van der Waals surface area contributed by atoms with Crippen LogP contribution in [0.15, 0.2) is 36.7 Å². The number of carbonyl (C=O) groups excluding carboxylic acids is 3. The monoisotopic (exact) mass is 685 g/mol. The van der Waals surface area contributed by atoms with Crippen molar-refractivity contribution in [3.05, 3.63) is 42.2 Å². The minimum Gasteiger partial charge on any atom is -0.507 e. The number of aromatic hydroxyl groups is 1. The summed E-state index contributed by atoms with van der Waals surface area (Å²) in [5.74, 6) is -0.667. The summed E-state index contributed by atoms with van der Waals surface area (Å²) in [6.45, 7) is 22.2. The van der Waals surface area contributed by atoms with Gasteiger partial charge in [0.25, 0.3) is 0 Å². The van der Waals surface area contributed by atoms with E-state index in [0.29, 0.717) is 23.4 Å². The minimum absolute atomic E-state index is 0.00374. The molecular formula is C34H51N5O8Si. The highest BCUT2D eigenvalue weighted by molar-refractivity contribution is 6.74. The Kier molecular flexibility index (Phi) is 11.6. The number of phenols is 1. The normalized spacial score (nSPS) is 12.5. The molecule has 0 saturated carbocycles. The summed E-state index contributed by atoms with van der Waals surface area (Å²) in [5, 5.41) is 14.9. The molecule has 0 atom stereocenters. The summed E-state index contributed by atoms with van der Waals surface area (Å²) in [4.78, 5) is 46.7. The lowest BCUT2D eigenvalue weighted by atomic mass is 10.1. The van der Waals surface area contributed by atoms with Gasteiger partial charge in [0.15, 0.2) is 14.0 Å². The topological polar surface area (TPSA) is 145 Å². The number of esters is 1. The first-order valence-corrected chi connectivity index (χ1v) is 18.8. The Morgan fingerprint density at radius 1 is 0.896 bits per heavy atom. The van der Waals surface area contributed by atoms with Crippen molar-refractivity contribution < 1.29 is 38.1 Å². The summed E-state index contributed by atoms with van der Waals surface area (Å²) in [6.07, 6.45) is 2.05. The number of benzene rings is 1. The van der Waals surface area contributed by atoms with Gasteiger partial charge >= 0.3 is 18.2 Å². The van der Waals surface area contributed by atoms with Crippen molar-refractivity contribution in [1.82, 2.24) is 19.5 Å². The molecule has 13 nitrogen and oxygen atoms in total. The zero-order chi connectivity index (χ0) is 36.2. The van der Waals surface area contributed by atoms with Crippen LogP contribution in [0.5, 0.6) is 5.75 Å². The molecule has 3 aromatic rings. The molecule has 1 N–H and O–H groups in total. The first-order valence-electron chi connectivity index (χ1n) is 15.9. The summed E-state index contributed by atoms with van der Waals surface area (Å²) in [5.41, 5.74) is -0.0335. The number of hydrogen-bond acceptors (Lipinski definition) is 10. The predicted molar refractivity (Wildman–Crippen MR) is 186 cm³/mol. The van der Waals surface area contributed by atoms with Gasteiger partial charge in [0.1, 0.15) is 28.3 Å². The van der Waals surface area contributed by atoms with Gasteiger partial charge in [0.2, 0.25) is 0 Å². The summed E-state index contributed by atoms with van der Waals surface area (Å²) in [7, 11) is -0.848. The highest BCUT2D eigenvalue weighted by Crippen LogP contribution is 2.36. The van der Waals surface area contributed by atoms with Gasteiger partial charge in [-0.15, -0.1) is 0 Å². The van der Waals surface area contributed by atoms with Gasteiger partial charge in [-0.1, -0.05) is 26.8 Å². The van der Waals surface area contributed by atoms with Crippen molar-refractivity contribution in [3.8, 4) is 16.9 Å². The first kappa shape index (κ1) is 38.3. The van der Waals surface area contributed by atoms with Gasteiger partial charge in [-0.05, 0) is 83.4 Å². The maximum atomic E-state index is 13.6. The van der Waals surface area contributed by atoms with Crippen LogP contribution in [0.1, 0.15) is 72.7 Å². The van der Waals surface area contributed by atoms with E-state index >= 15 is 0 Å². The molecule has 2 heterocycles. The smallest absolute Gasteiger partial charge is 0.416 e. The van der Waals surface area contributed by atoms with Crippen molar-refractivity contribution in [3.63, 3.8) is 0 Å². The molecule has 0 radical (unpaired) electrons. The number of aromatic nitrogens is 3. The largest absolute Gasteiger partial charge is 0.507 e. The van der Waals surface area contributed by atoms with Crippen molar-refractivity contribution in [2.75, 3.05) is 38.3 Å². The van der Waals surface area contributed by atoms with Crippen LogP contribution in [0.4, 0.5) is 15.4 Å². The van der Waals surface area contributed by atoms with E-state index in [0.717, 1.165) is 0 Å². The van der Waals surface area contributed by atoms with Crippen molar-refractivity contribution in [1.29, 1.82) is 0 Å². The number of anilines is 1. The highest BCUT2D eigenvalue weighted by Gasteiger charge is 2.37. The SMILES string of the molecule is COC(=O)c1ccc(-c2cnn3ccc(N(CCN(CCO[Si](C)(C)C(C)(C)C)C(=O)OC(C)(C)C)C(=O)OC(C)(C)C)nc23)cc1O. The van der Waals surface area contributed by atoms with Crippen LogP contribution in [0.2, 0.25) is 18.1 Å². The number of ether oxygens (including phenoxy) is 3. The second-order valence-electron chi connectivity index (χ2n) is 15.0. The molecule has 1 aromatic carbocycles. The molecule has 0 bridgehead atoms. The molecule has 2 aromatic heterocycles. The van der Waals surface area contributed by atoms with Gasteiger partial charge in [-0.25, -0.2) is 23.9 Å². The second kappa shape index (κ2) is 14.5. The number of carbonyl (C=O) groups is 3. The summed E-state index contributed by atoms with van der Waals surface area (Å²) < 4.78 is 24.1. The molecule has 0 saturated heterocycles. The Bertz CT molecular complexity index is 1620. The Morgan fingerprint density at radius 3 is 2.08 bits per heavy atom. The fourth-order valence-electron chi connectivity index (χ4n) is 4.28. The third kappa shape index (κ3) is 9.92. The zero-order valence-corrected chi connectivity index (χ0v) is 31.3. The zero-order valence-electron chi connectivity index (χ0n) is 30.3. The van der Waals surface area contributed by atoms with E-state index in [-0.39, 0.29) is 41.8 Å². The van der Waals surface area contributed by atoms with Crippen molar-refractivity contribution in [2.24, 2.45) is 0 Å². The Labute approximate surface area is 284 Å². The van der Waals surface area contributed by atoms with E-state index < -0.39 is 37.7 Å². The van der Waals surface area contributed by atoms with Crippen LogP contribution in [0.3, 0.4) is 0 Å². The minimum atomic E-state index is -2.08. The number of hydrogen-bond donors (Lipinski definition) is 1. The van der Waals surface area contributed by atoms with Crippen LogP contribution < -0.4 is 4.90 Å². The number of fused-ring (bicyclic) bond motifs is 1. The lowest BCUT2D eigenvalue weighted by Crippen LogP contribution is -2.47. The van der Waals surface area contributed by atoms with E-state index in [1.165, 1.54) is 33.6 Å². The average Bonchev–Trinajstić information content (AvgIpc) is 3.36. The Hall–Kier alpha value is -4.17. The van der Waals surface area contributed by atoms with Crippen LogP contribution in [0.25, 0.3) is 16.8 Å². The molecule has 0 aliphatic heterocycles. The van der Waals surface area contributed by atoms with E-state index in [9.17, 15) is 19.5 Å². The standard InChI is InChI=1S/C34H51N5O8Si/c1-32(2,3)46-30(42)37(19-20-45-48(11,12)34(7,8)9)17-18-38(31(43)47-33(4,5)6)27-15-16-39-28(36-27)25(22-35-39)23-13-14-24(26(40)21-23)29(41)44-10/h13-16,21-22,40H,17-20H2,1-12H3. The van der Waals surface area contributed by atoms with Crippen LogP contribution in [0, 0.1) is 0 Å². The van der Waals surface area contributed by atoms with Gasteiger partial charge in [-0.2, -0.15) is 5.10 Å². The fraction of sp³-hybridized carbons (Fsp3) is 0.559.